The molecule has 3 N–H and O–H groups in total. The van der Waals surface area contributed by atoms with E-state index in [4.69, 9.17) is 5.73 Å². The summed E-state index contributed by atoms with van der Waals surface area (Å²) in [6.45, 7) is 9.67. The molecule has 0 atom stereocenters. The first-order chi connectivity index (χ1) is 6.20. The number of nitrogens with two attached hydrogens (primary N) is 1. The van der Waals surface area contributed by atoms with Crippen molar-refractivity contribution >= 4 is 5.95 Å². The number of nitrogens with one attached hydrogen (secondary N) is 1. The van der Waals surface area contributed by atoms with Crippen molar-refractivity contribution in [2.24, 2.45) is 0 Å². The third-order valence-electron chi connectivity index (χ3n) is 0.997. The Balaban J connectivity index is 0. The molecule has 1 aromatic heterocycles. The number of anilines is 1. The summed E-state index contributed by atoms with van der Waals surface area (Å²) in [6.07, 6.45) is 1.44. The normalized spacial score (nSPS) is 7.46. The average Bonchev–Trinajstić information content (AvgIpc) is 2.18. The SMILES string of the molecule is CC.CC.Cc1cnc(N)[nH]c1=O. The minimum absolute atomic E-state index is 0.158. The van der Waals surface area contributed by atoms with Gasteiger partial charge in [-0.3, -0.25) is 9.78 Å². The summed E-state index contributed by atoms with van der Waals surface area (Å²) in [4.78, 5) is 16.7. The zero-order valence-corrected chi connectivity index (χ0v) is 9.01. The van der Waals surface area contributed by atoms with Crippen LogP contribution in [0.15, 0.2) is 11.0 Å². The zero-order valence-electron chi connectivity index (χ0n) is 9.01. The largest absolute Gasteiger partial charge is 0.369 e. The van der Waals surface area contributed by atoms with E-state index < -0.39 is 0 Å². The number of H-pyrrole nitrogens is 1. The maximum absolute atomic E-state index is 10.7. The molecule has 1 heterocycles. The summed E-state index contributed by atoms with van der Waals surface area (Å²) < 4.78 is 0. The van der Waals surface area contributed by atoms with Crippen molar-refractivity contribution in [1.29, 1.82) is 0 Å². The summed E-state index contributed by atoms with van der Waals surface area (Å²) in [5.41, 5.74) is 5.56. The maximum Gasteiger partial charge on any atom is 0.255 e. The first kappa shape index (κ1) is 14.2. The number of nitrogens with zero attached hydrogens (tertiary/aromatic N) is 1. The van der Waals surface area contributed by atoms with Crippen LogP contribution in [0.2, 0.25) is 0 Å². The predicted molar refractivity (Wildman–Crippen MR) is 56.7 cm³/mol. The van der Waals surface area contributed by atoms with Crippen LogP contribution in [0.5, 0.6) is 0 Å². The first-order valence-electron chi connectivity index (χ1n) is 4.51. The Labute approximate surface area is 79.2 Å². The maximum atomic E-state index is 10.7. The van der Waals surface area contributed by atoms with Crippen molar-refractivity contribution in [1.82, 2.24) is 9.97 Å². The molecule has 0 unspecified atom stereocenters. The number of aromatic nitrogens is 2. The zero-order chi connectivity index (χ0) is 10.9. The second kappa shape index (κ2) is 8.77. The van der Waals surface area contributed by atoms with Crippen LogP contribution in [-0.2, 0) is 0 Å². The van der Waals surface area contributed by atoms with Gasteiger partial charge in [-0.1, -0.05) is 27.7 Å². The van der Waals surface area contributed by atoms with E-state index in [-0.39, 0.29) is 11.5 Å². The lowest BCUT2D eigenvalue weighted by Crippen LogP contribution is -2.12. The number of hydrogen-bond donors (Lipinski definition) is 2. The summed E-state index contributed by atoms with van der Waals surface area (Å²) in [6, 6.07) is 0. The molecule has 0 bridgehead atoms. The molecule has 1 rings (SSSR count). The van der Waals surface area contributed by atoms with Crippen LogP contribution < -0.4 is 11.3 Å². The third kappa shape index (κ3) is 5.90. The van der Waals surface area contributed by atoms with E-state index in [1.54, 1.807) is 6.92 Å². The van der Waals surface area contributed by atoms with Gasteiger partial charge in [0, 0.05) is 11.8 Å². The van der Waals surface area contributed by atoms with E-state index in [1.807, 2.05) is 27.7 Å². The van der Waals surface area contributed by atoms with Crippen LogP contribution in [-0.4, -0.2) is 9.97 Å². The summed E-state index contributed by atoms with van der Waals surface area (Å²) >= 11 is 0. The Kier molecular flexibility index (Phi) is 9.60. The molecule has 0 saturated carbocycles. The Hall–Kier alpha value is -1.32. The van der Waals surface area contributed by atoms with Gasteiger partial charge in [0.25, 0.3) is 5.56 Å². The molecule has 76 valence electrons. The predicted octanol–water partition coefficient (Wildman–Crippen LogP) is 1.71. The molecule has 0 aliphatic heterocycles. The van der Waals surface area contributed by atoms with Crippen LogP contribution in [0.1, 0.15) is 33.3 Å². The topological polar surface area (TPSA) is 71.8 Å². The molecule has 0 amide bonds. The van der Waals surface area contributed by atoms with Crippen molar-refractivity contribution in [2.45, 2.75) is 34.6 Å². The van der Waals surface area contributed by atoms with Gasteiger partial charge in [0.05, 0.1) is 0 Å². The molecule has 0 fully saturated rings. The monoisotopic (exact) mass is 185 g/mol. The van der Waals surface area contributed by atoms with Crippen molar-refractivity contribution < 1.29 is 0 Å². The van der Waals surface area contributed by atoms with Crippen LogP contribution in [0.25, 0.3) is 0 Å². The van der Waals surface area contributed by atoms with Crippen LogP contribution >= 0.6 is 0 Å². The van der Waals surface area contributed by atoms with E-state index >= 15 is 0 Å². The molecule has 4 nitrogen and oxygen atoms in total. The summed E-state index contributed by atoms with van der Waals surface area (Å²) in [5, 5.41) is 0. The van der Waals surface area contributed by atoms with Crippen LogP contribution in [0, 0.1) is 6.92 Å². The van der Waals surface area contributed by atoms with Gasteiger partial charge in [0.1, 0.15) is 0 Å². The average molecular weight is 185 g/mol. The lowest BCUT2D eigenvalue weighted by Gasteiger charge is -1.90. The van der Waals surface area contributed by atoms with Crippen LogP contribution in [0.3, 0.4) is 0 Å². The van der Waals surface area contributed by atoms with Crippen molar-refractivity contribution in [3.8, 4) is 0 Å². The highest BCUT2D eigenvalue weighted by Gasteiger charge is 1.90. The Morgan fingerprint density at radius 3 is 2.08 bits per heavy atom. The second-order valence-electron chi connectivity index (χ2n) is 1.78. The molecule has 0 aromatic carbocycles. The highest BCUT2D eigenvalue weighted by Crippen LogP contribution is 1.84. The molecule has 1 aromatic rings. The Morgan fingerprint density at radius 1 is 1.31 bits per heavy atom. The number of aryl methyl sites for hydroxylation is 1. The Morgan fingerprint density at radius 2 is 1.77 bits per heavy atom. The quantitative estimate of drug-likeness (QED) is 0.646. The fraction of sp³-hybridized carbons (Fsp3) is 0.556. The molecule has 0 radical (unpaired) electrons. The molecular weight excluding hydrogens is 166 g/mol. The van der Waals surface area contributed by atoms with Gasteiger partial charge in [-0.15, -0.1) is 0 Å². The smallest absolute Gasteiger partial charge is 0.255 e. The first-order valence-corrected chi connectivity index (χ1v) is 4.51. The molecule has 13 heavy (non-hydrogen) atoms. The van der Waals surface area contributed by atoms with Gasteiger partial charge in [0.15, 0.2) is 5.95 Å². The third-order valence-corrected chi connectivity index (χ3v) is 0.997. The van der Waals surface area contributed by atoms with Crippen LogP contribution in [0.4, 0.5) is 5.95 Å². The van der Waals surface area contributed by atoms with Crippen molar-refractivity contribution in [3.05, 3.63) is 22.1 Å². The van der Waals surface area contributed by atoms with Gasteiger partial charge < -0.3 is 5.73 Å². The summed E-state index contributed by atoms with van der Waals surface area (Å²) in [5.74, 6) is 0.158. The number of aromatic amines is 1. The lowest BCUT2D eigenvalue weighted by atomic mass is 10.4. The van der Waals surface area contributed by atoms with Crippen molar-refractivity contribution in [3.63, 3.8) is 0 Å². The molecule has 4 heteroatoms. The van der Waals surface area contributed by atoms with E-state index in [2.05, 4.69) is 9.97 Å². The minimum Gasteiger partial charge on any atom is -0.369 e. The van der Waals surface area contributed by atoms with Gasteiger partial charge in [-0.05, 0) is 6.92 Å². The Bertz CT molecular complexity index is 268. The van der Waals surface area contributed by atoms with Gasteiger partial charge in [-0.2, -0.15) is 0 Å². The highest BCUT2D eigenvalue weighted by molar-refractivity contribution is 5.16. The molecule has 0 aliphatic rings. The lowest BCUT2D eigenvalue weighted by molar-refractivity contribution is 1.09. The van der Waals surface area contributed by atoms with Gasteiger partial charge in [0.2, 0.25) is 0 Å². The van der Waals surface area contributed by atoms with E-state index in [9.17, 15) is 4.79 Å². The van der Waals surface area contributed by atoms with Gasteiger partial charge in [-0.25, -0.2) is 4.98 Å². The molecular formula is C9H19N3O. The molecule has 0 saturated heterocycles. The highest BCUT2D eigenvalue weighted by atomic mass is 16.1. The standard InChI is InChI=1S/C5H7N3O.2C2H6/c1-3-2-7-5(6)8-4(3)9;2*1-2/h2H,1H3,(H3,6,7,8,9);2*1-2H3. The fourth-order valence-corrected chi connectivity index (χ4v) is 0.472. The second-order valence-corrected chi connectivity index (χ2v) is 1.78. The van der Waals surface area contributed by atoms with Gasteiger partial charge >= 0.3 is 0 Å². The van der Waals surface area contributed by atoms with E-state index in [0.717, 1.165) is 0 Å². The van der Waals surface area contributed by atoms with Crippen molar-refractivity contribution in [2.75, 3.05) is 5.73 Å². The fourth-order valence-electron chi connectivity index (χ4n) is 0.472. The molecule has 0 spiro atoms. The molecule has 0 aliphatic carbocycles. The van der Waals surface area contributed by atoms with E-state index in [0.29, 0.717) is 5.56 Å². The van der Waals surface area contributed by atoms with E-state index in [1.165, 1.54) is 6.20 Å². The minimum atomic E-state index is -0.178. The summed E-state index contributed by atoms with van der Waals surface area (Å²) in [7, 11) is 0. The number of rotatable bonds is 0. The number of nitrogen functional groups attached to an aromatic ring is 1. The number of hydrogen-bond acceptors (Lipinski definition) is 3.